The normalized spacial score (nSPS) is 18.2. The molecule has 0 spiro atoms. The zero-order chi connectivity index (χ0) is 14.5. The van der Waals surface area contributed by atoms with E-state index in [1.165, 1.54) is 0 Å². The van der Waals surface area contributed by atoms with E-state index in [9.17, 15) is 9.59 Å². The molecule has 1 atom stereocenters. The predicted octanol–water partition coefficient (Wildman–Crippen LogP) is 2.02. The fraction of sp³-hybridized carbons (Fsp3) is 0.571. The first-order valence-corrected chi connectivity index (χ1v) is 6.80. The Kier molecular flexibility index (Phi) is 4.65. The number of likely N-dealkylation sites (tertiary alicyclic amines) is 1. The van der Waals surface area contributed by atoms with Crippen LogP contribution in [0.3, 0.4) is 0 Å². The quantitative estimate of drug-likeness (QED) is 0.895. The molecule has 2 heterocycles. The lowest BCUT2D eigenvalue weighted by Gasteiger charge is -2.24. The van der Waals surface area contributed by atoms with Crippen LogP contribution in [0.4, 0.5) is 4.79 Å². The first-order valence-electron chi connectivity index (χ1n) is 6.80. The number of carbonyl (C=O) groups is 2. The molecule has 20 heavy (non-hydrogen) atoms. The minimum Gasteiger partial charge on any atom is -0.481 e. The van der Waals surface area contributed by atoms with Gasteiger partial charge in [0.15, 0.2) is 0 Å². The molecule has 1 unspecified atom stereocenters. The number of urea groups is 1. The number of furan rings is 1. The summed E-state index contributed by atoms with van der Waals surface area (Å²) in [7, 11) is 1.75. The van der Waals surface area contributed by atoms with Crippen molar-refractivity contribution in [2.24, 2.45) is 5.92 Å². The van der Waals surface area contributed by atoms with Crippen molar-refractivity contribution < 1.29 is 19.1 Å². The van der Waals surface area contributed by atoms with E-state index in [-0.39, 0.29) is 12.5 Å². The summed E-state index contributed by atoms with van der Waals surface area (Å²) < 4.78 is 5.23. The third-order valence-corrected chi connectivity index (χ3v) is 3.62. The maximum Gasteiger partial charge on any atom is 0.320 e. The van der Waals surface area contributed by atoms with Crippen molar-refractivity contribution in [3.8, 4) is 0 Å². The Bertz CT molecular complexity index is 458. The lowest BCUT2D eigenvalue weighted by atomic mass is 10.0. The van der Waals surface area contributed by atoms with Crippen LogP contribution in [-0.4, -0.2) is 47.0 Å². The molecule has 1 fully saturated rings. The van der Waals surface area contributed by atoms with Crippen LogP contribution >= 0.6 is 0 Å². The average Bonchev–Trinajstić information content (AvgIpc) is 3.06. The molecule has 0 aliphatic carbocycles. The van der Waals surface area contributed by atoms with Crippen molar-refractivity contribution in [3.05, 3.63) is 24.2 Å². The number of rotatable bonds is 5. The molecule has 1 saturated heterocycles. The molecule has 6 heteroatoms. The predicted molar refractivity (Wildman–Crippen MR) is 72.1 cm³/mol. The fourth-order valence-electron chi connectivity index (χ4n) is 2.51. The summed E-state index contributed by atoms with van der Waals surface area (Å²) in [6, 6.07) is 3.61. The second-order valence-corrected chi connectivity index (χ2v) is 5.25. The molecule has 1 aliphatic heterocycles. The smallest absolute Gasteiger partial charge is 0.320 e. The second kappa shape index (κ2) is 6.45. The van der Waals surface area contributed by atoms with Gasteiger partial charge in [0.2, 0.25) is 0 Å². The Morgan fingerprint density at radius 1 is 1.55 bits per heavy atom. The summed E-state index contributed by atoms with van der Waals surface area (Å²) in [5.41, 5.74) is 0. The highest BCUT2D eigenvalue weighted by molar-refractivity contribution is 5.74. The fourth-order valence-corrected chi connectivity index (χ4v) is 2.51. The van der Waals surface area contributed by atoms with E-state index in [1.807, 2.05) is 6.07 Å². The van der Waals surface area contributed by atoms with Crippen LogP contribution in [0.2, 0.25) is 0 Å². The van der Waals surface area contributed by atoms with Crippen LogP contribution in [0.1, 0.15) is 25.0 Å². The number of amides is 2. The molecule has 6 nitrogen and oxygen atoms in total. The first-order chi connectivity index (χ1) is 9.56. The lowest BCUT2D eigenvalue weighted by Crippen LogP contribution is -2.39. The van der Waals surface area contributed by atoms with Crippen LogP contribution in [-0.2, 0) is 11.3 Å². The Morgan fingerprint density at radius 3 is 3.00 bits per heavy atom. The van der Waals surface area contributed by atoms with Crippen LogP contribution in [0.5, 0.6) is 0 Å². The maximum absolute atomic E-state index is 12.2. The topological polar surface area (TPSA) is 74.0 Å². The molecule has 0 radical (unpaired) electrons. The molecule has 0 bridgehead atoms. The molecule has 110 valence electrons. The summed E-state index contributed by atoms with van der Waals surface area (Å²) in [4.78, 5) is 26.2. The van der Waals surface area contributed by atoms with Gasteiger partial charge < -0.3 is 19.3 Å². The van der Waals surface area contributed by atoms with Gasteiger partial charge in [0.1, 0.15) is 5.76 Å². The van der Waals surface area contributed by atoms with E-state index in [2.05, 4.69) is 0 Å². The summed E-state index contributed by atoms with van der Waals surface area (Å²) in [5, 5.41) is 8.68. The number of aliphatic carboxylic acids is 1. The minimum atomic E-state index is -0.773. The third kappa shape index (κ3) is 3.76. The highest BCUT2D eigenvalue weighted by Gasteiger charge is 2.28. The van der Waals surface area contributed by atoms with Crippen LogP contribution in [0.15, 0.2) is 22.8 Å². The molecule has 1 aromatic heterocycles. The van der Waals surface area contributed by atoms with Gasteiger partial charge in [-0.1, -0.05) is 0 Å². The maximum atomic E-state index is 12.2. The molecule has 1 aliphatic rings. The summed E-state index contributed by atoms with van der Waals surface area (Å²) in [5.74, 6) is 0.277. The van der Waals surface area contributed by atoms with E-state index in [0.29, 0.717) is 32.0 Å². The molecular formula is C14H20N2O4. The van der Waals surface area contributed by atoms with Crippen molar-refractivity contribution in [1.29, 1.82) is 0 Å². The standard InChI is InChI=1S/C14H20N2O4/c1-15(10-12-3-2-8-20-12)14(19)16-7-6-11(9-16)4-5-13(17)18/h2-3,8,11H,4-7,9-10H2,1H3,(H,17,18). The third-order valence-electron chi connectivity index (χ3n) is 3.62. The SMILES string of the molecule is CN(Cc1ccco1)C(=O)N1CCC(CCC(=O)O)C1. The first kappa shape index (κ1) is 14.4. The van der Waals surface area contributed by atoms with Gasteiger partial charge in [-0.3, -0.25) is 4.79 Å². The van der Waals surface area contributed by atoms with Crippen molar-refractivity contribution in [2.75, 3.05) is 20.1 Å². The summed E-state index contributed by atoms with van der Waals surface area (Å²) >= 11 is 0. The highest BCUT2D eigenvalue weighted by atomic mass is 16.4. The van der Waals surface area contributed by atoms with Crippen molar-refractivity contribution in [2.45, 2.75) is 25.8 Å². The zero-order valence-corrected chi connectivity index (χ0v) is 11.6. The van der Waals surface area contributed by atoms with Gasteiger partial charge in [-0.15, -0.1) is 0 Å². The molecular weight excluding hydrogens is 260 g/mol. The van der Waals surface area contributed by atoms with Crippen LogP contribution < -0.4 is 0 Å². The molecule has 0 aromatic carbocycles. The van der Waals surface area contributed by atoms with Gasteiger partial charge in [-0.2, -0.15) is 0 Å². The Labute approximate surface area is 118 Å². The van der Waals surface area contributed by atoms with E-state index < -0.39 is 5.97 Å². The number of carboxylic acid groups (broad SMARTS) is 1. The average molecular weight is 280 g/mol. The van der Waals surface area contributed by atoms with Crippen molar-refractivity contribution in [1.82, 2.24) is 9.80 Å². The zero-order valence-electron chi connectivity index (χ0n) is 11.6. The van der Waals surface area contributed by atoms with Crippen LogP contribution in [0, 0.1) is 5.92 Å². The van der Waals surface area contributed by atoms with E-state index in [4.69, 9.17) is 9.52 Å². The van der Waals surface area contributed by atoms with Gasteiger partial charge in [0.05, 0.1) is 12.8 Å². The number of hydrogen-bond acceptors (Lipinski definition) is 3. The number of hydrogen-bond donors (Lipinski definition) is 1. The second-order valence-electron chi connectivity index (χ2n) is 5.25. The van der Waals surface area contributed by atoms with E-state index in [0.717, 1.165) is 12.2 Å². The Balaban J connectivity index is 1.80. The van der Waals surface area contributed by atoms with E-state index >= 15 is 0 Å². The summed E-state index contributed by atoms with van der Waals surface area (Å²) in [6.07, 6.45) is 3.29. The molecule has 1 aromatic rings. The Hall–Kier alpha value is -1.98. The van der Waals surface area contributed by atoms with Gasteiger partial charge in [-0.25, -0.2) is 4.79 Å². The largest absolute Gasteiger partial charge is 0.481 e. The van der Waals surface area contributed by atoms with Gasteiger partial charge >= 0.3 is 12.0 Å². The van der Waals surface area contributed by atoms with Gasteiger partial charge in [-0.05, 0) is 30.9 Å². The van der Waals surface area contributed by atoms with E-state index in [1.54, 1.807) is 29.2 Å². The lowest BCUT2D eigenvalue weighted by molar-refractivity contribution is -0.137. The Morgan fingerprint density at radius 2 is 2.35 bits per heavy atom. The molecule has 2 amide bonds. The van der Waals surface area contributed by atoms with Gasteiger partial charge in [0.25, 0.3) is 0 Å². The molecule has 0 saturated carbocycles. The number of carbonyl (C=O) groups excluding carboxylic acids is 1. The monoisotopic (exact) mass is 280 g/mol. The molecule has 2 rings (SSSR count). The van der Waals surface area contributed by atoms with Crippen molar-refractivity contribution in [3.63, 3.8) is 0 Å². The van der Waals surface area contributed by atoms with Crippen LogP contribution in [0.25, 0.3) is 0 Å². The summed E-state index contributed by atoms with van der Waals surface area (Å²) in [6.45, 7) is 1.79. The van der Waals surface area contributed by atoms with Gasteiger partial charge in [0, 0.05) is 26.6 Å². The number of carboxylic acids is 1. The van der Waals surface area contributed by atoms with Crippen molar-refractivity contribution >= 4 is 12.0 Å². The molecule has 1 N–H and O–H groups in total. The minimum absolute atomic E-state index is 0.0285. The highest BCUT2D eigenvalue weighted by Crippen LogP contribution is 2.22. The number of nitrogens with zero attached hydrogens (tertiary/aromatic N) is 2.